The van der Waals surface area contributed by atoms with Crippen LogP contribution >= 0.6 is 11.6 Å². The number of para-hydroxylation sites is 1. The molecular weight excluding hydrogens is 414 g/mol. The number of carbonyl (C=O) groups is 2. The van der Waals surface area contributed by atoms with Crippen LogP contribution in [0.4, 0.5) is 5.69 Å². The molecule has 1 amide bonds. The van der Waals surface area contributed by atoms with Gasteiger partial charge in [0.15, 0.2) is 6.61 Å². The molecule has 0 saturated carbocycles. The molecule has 31 heavy (non-hydrogen) atoms. The van der Waals surface area contributed by atoms with Gasteiger partial charge in [0.05, 0.1) is 22.3 Å². The number of esters is 1. The van der Waals surface area contributed by atoms with Crippen LogP contribution in [0.25, 0.3) is 10.9 Å². The second kappa shape index (κ2) is 8.75. The average molecular weight is 434 g/mol. The second-order valence-electron chi connectivity index (χ2n) is 7.70. The molecule has 1 aromatic heterocycles. The van der Waals surface area contributed by atoms with Crippen LogP contribution in [0, 0.1) is 17.2 Å². The molecule has 1 aliphatic rings. The lowest BCUT2D eigenvalue weighted by molar-refractivity contribution is -0.119. The van der Waals surface area contributed by atoms with Crippen molar-refractivity contribution >= 4 is 40.1 Å². The summed E-state index contributed by atoms with van der Waals surface area (Å²) in [5.41, 5.74) is 3.60. The minimum absolute atomic E-state index is 0.271. The quantitative estimate of drug-likeness (QED) is 0.603. The molecule has 0 radical (unpaired) electrons. The fraction of sp³-hybridized carbons (Fsp3) is 0.250. The first-order valence-electron chi connectivity index (χ1n) is 10.0. The average Bonchev–Trinajstić information content (AvgIpc) is 2.76. The Morgan fingerprint density at radius 3 is 2.90 bits per heavy atom. The summed E-state index contributed by atoms with van der Waals surface area (Å²) < 4.78 is 5.38. The van der Waals surface area contributed by atoms with E-state index in [2.05, 4.69) is 12.2 Å². The maximum Gasteiger partial charge on any atom is 0.339 e. The van der Waals surface area contributed by atoms with Crippen molar-refractivity contribution in [2.75, 3.05) is 11.9 Å². The third-order valence-corrected chi connectivity index (χ3v) is 5.66. The summed E-state index contributed by atoms with van der Waals surface area (Å²) in [5.74, 6) is -0.657. The summed E-state index contributed by atoms with van der Waals surface area (Å²) in [7, 11) is 0. The zero-order chi connectivity index (χ0) is 22.0. The van der Waals surface area contributed by atoms with Gasteiger partial charge in [0.25, 0.3) is 5.91 Å². The maximum absolute atomic E-state index is 13.1. The summed E-state index contributed by atoms with van der Waals surface area (Å²) >= 11 is 5.95. The van der Waals surface area contributed by atoms with Crippen molar-refractivity contribution in [3.05, 3.63) is 69.9 Å². The lowest BCUT2D eigenvalue weighted by Gasteiger charge is -2.24. The monoisotopic (exact) mass is 433 g/mol. The minimum Gasteiger partial charge on any atom is -0.452 e. The second-order valence-corrected chi connectivity index (χ2v) is 8.14. The Morgan fingerprint density at radius 2 is 2.10 bits per heavy atom. The molecule has 1 atom stereocenters. The Kier molecular flexibility index (Phi) is 5.88. The number of nitrogens with zero attached hydrogens (tertiary/aromatic N) is 2. The smallest absolute Gasteiger partial charge is 0.339 e. The molecule has 0 bridgehead atoms. The van der Waals surface area contributed by atoms with Gasteiger partial charge in [-0.2, -0.15) is 5.26 Å². The fourth-order valence-electron chi connectivity index (χ4n) is 3.90. The number of pyridine rings is 1. The van der Waals surface area contributed by atoms with E-state index in [4.69, 9.17) is 21.3 Å². The molecule has 0 fully saturated rings. The Hall–Kier alpha value is -3.43. The maximum atomic E-state index is 13.1. The molecule has 3 aromatic rings. The third kappa shape index (κ3) is 4.37. The van der Waals surface area contributed by atoms with Crippen LogP contribution in [0.15, 0.2) is 42.5 Å². The van der Waals surface area contributed by atoms with Gasteiger partial charge in [-0.05, 0) is 55.0 Å². The Morgan fingerprint density at radius 1 is 1.29 bits per heavy atom. The summed E-state index contributed by atoms with van der Waals surface area (Å²) in [6.45, 7) is 1.68. The Bertz CT molecular complexity index is 1230. The SMILES string of the molecule is C[C@@H]1CCc2nc3ccccc3c(C(=O)OCC(=O)Nc3cc(Cl)ccc3C#N)c2C1. The van der Waals surface area contributed by atoms with E-state index in [1.165, 1.54) is 12.1 Å². The summed E-state index contributed by atoms with van der Waals surface area (Å²) in [6.07, 6.45) is 2.59. The number of ether oxygens (including phenoxy) is 1. The van der Waals surface area contributed by atoms with Gasteiger partial charge in [-0.15, -0.1) is 0 Å². The van der Waals surface area contributed by atoms with E-state index < -0.39 is 18.5 Å². The highest BCUT2D eigenvalue weighted by Gasteiger charge is 2.26. The number of amides is 1. The van der Waals surface area contributed by atoms with Gasteiger partial charge in [0, 0.05) is 16.1 Å². The van der Waals surface area contributed by atoms with Gasteiger partial charge in [0.2, 0.25) is 0 Å². The highest BCUT2D eigenvalue weighted by molar-refractivity contribution is 6.31. The summed E-state index contributed by atoms with van der Waals surface area (Å²) in [6, 6.07) is 14.0. The minimum atomic E-state index is -0.550. The van der Waals surface area contributed by atoms with E-state index in [1.54, 1.807) is 6.07 Å². The standard InChI is InChI=1S/C24H20ClN3O3/c1-14-6-9-20-18(10-14)23(17-4-2-3-5-19(17)27-20)24(30)31-13-22(29)28-21-11-16(25)8-7-15(21)12-26/h2-5,7-8,11,14H,6,9-10,13H2,1H3,(H,28,29)/t14-/m1/s1. The van der Waals surface area contributed by atoms with E-state index >= 15 is 0 Å². The van der Waals surface area contributed by atoms with Crippen molar-refractivity contribution < 1.29 is 14.3 Å². The number of anilines is 1. The number of nitrogens with one attached hydrogen (secondary N) is 1. The van der Waals surface area contributed by atoms with Crippen molar-refractivity contribution in [2.45, 2.75) is 26.2 Å². The molecule has 1 aliphatic carbocycles. The predicted molar refractivity (Wildman–Crippen MR) is 118 cm³/mol. The van der Waals surface area contributed by atoms with E-state index in [0.29, 0.717) is 16.5 Å². The number of carbonyl (C=O) groups excluding carboxylic acids is 2. The molecular formula is C24H20ClN3O3. The number of aryl methyl sites for hydroxylation is 1. The molecule has 4 rings (SSSR count). The van der Waals surface area contributed by atoms with Crippen LogP contribution in [-0.2, 0) is 22.4 Å². The van der Waals surface area contributed by atoms with Crippen molar-refractivity contribution in [3.63, 3.8) is 0 Å². The highest BCUT2D eigenvalue weighted by atomic mass is 35.5. The van der Waals surface area contributed by atoms with Crippen LogP contribution in [0.5, 0.6) is 0 Å². The number of hydrogen-bond donors (Lipinski definition) is 1. The van der Waals surface area contributed by atoms with E-state index in [0.717, 1.165) is 41.4 Å². The molecule has 0 saturated heterocycles. The van der Waals surface area contributed by atoms with E-state index in [1.807, 2.05) is 30.3 Å². The van der Waals surface area contributed by atoms with Crippen molar-refractivity contribution in [1.29, 1.82) is 5.26 Å². The van der Waals surface area contributed by atoms with Crippen LogP contribution in [0.1, 0.15) is 40.5 Å². The molecule has 6 nitrogen and oxygen atoms in total. The summed E-state index contributed by atoms with van der Waals surface area (Å²) in [5, 5.41) is 12.9. The molecule has 0 aliphatic heterocycles. The van der Waals surface area contributed by atoms with Crippen LogP contribution < -0.4 is 5.32 Å². The van der Waals surface area contributed by atoms with Crippen molar-refractivity contribution in [1.82, 2.24) is 4.98 Å². The number of fused-ring (bicyclic) bond motifs is 2. The molecule has 1 heterocycles. The predicted octanol–water partition coefficient (Wildman–Crippen LogP) is 4.68. The lowest BCUT2D eigenvalue weighted by atomic mass is 9.84. The van der Waals surface area contributed by atoms with Gasteiger partial charge in [-0.25, -0.2) is 4.79 Å². The third-order valence-electron chi connectivity index (χ3n) is 5.42. The zero-order valence-corrected chi connectivity index (χ0v) is 17.7. The molecule has 156 valence electrons. The zero-order valence-electron chi connectivity index (χ0n) is 16.9. The first-order valence-corrected chi connectivity index (χ1v) is 10.4. The molecule has 0 spiro atoms. The molecule has 7 heteroatoms. The fourth-order valence-corrected chi connectivity index (χ4v) is 4.07. The number of rotatable bonds is 4. The normalized spacial score (nSPS) is 15.1. The Balaban J connectivity index is 1.57. The van der Waals surface area contributed by atoms with Gasteiger partial charge >= 0.3 is 5.97 Å². The molecule has 1 N–H and O–H groups in total. The van der Waals surface area contributed by atoms with Crippen LogP contribution in [0.2, 0.25) is 5.02 Å². The van der Waals surface area contributed by atoms with E-state index in [9.17, 15) is 14.9 Å². The molecule has 2 aromatic carbocycles. The number of halogens is 1. The number of nitriles is 1. The number of aromatic nitrogens is 1. The topological polar surface area (TPSA) is 92.1 Å². The van der Waals surface area contributed by atoms with Crippen LogP contribution in [0.3, 0.4) is 0 Å². The number of hydrogen-bond acceptors (Lipinski definition) is 5. The first kappa shape index (κ1) is 20.8. The van der Waals surface area contributed by atoms with Gasteiger partial charge in [-0.1, -0.05) is 36.7 Å². The van der Waals surface area contributed by atoms with Crippen LogP contribution in [-0.4, -0.2) is 23.5 Å². The lowest BCUT2D eigenvalue weighted by Crippen LogP contribution is -2.24. The van der Waals surface area contributed by atoms with Crippen molar-refractivity contribution in [2.24, 2.45) is 5.92 Å². The highest BCUT2D eigenvalue weighted by Crippen LogP contribution is 2.32. The first-order chi connectivity index (χ1) is 15.0. The van der Waals surface area contributed by atoms with Gasteiger partial charge < -0.3 is 10.1 Å². The van der Waals surface area contributed by atoms with Gasteiger partial charge in [0.1, 0.15) is 6.07 Å². The van der Waals surface area contributed by atoms with E-state index in [-0.39, 0.29) is 11.3 Å². The Labute approximate surface area is 184 Å². The van der Waals surface area contributed by atoms with Crippen molar-refractivity contribution in [3.8, 4) is 6.07 Å². The molecule has 0 unspecified atom stereocenters. The largest absolute Gasteiger partial charge is 0.452 e. The van der Waals surface area contributed by atoms with Gasteiger partial charge in [-0.3, -0.25) is 9.78 Å². The summed E-state index contributed by atoms with van der Waals surface area (Å²) in [4.78, 5) is 30.2. The number of benzene rings is 2.